The topological polar surface area (TPSA) is 344 Å². The number of carbonyl (C=O) groups excluding carboxylic acids is 3. The van der Waals surface area contributed by atoms with Crippen molar-refractivity contribution in [2.75, 3.05) is 13.7 Å². The predicted molar refractivity (Wildman–Crippen MR) is 331 cm³/mol. The summed E-state index contributed by atoms with van der Waals surface area (Å²) in [5.74, 6) is 7.21. The average Bonchev–Trinajstić information content (AvgIpc) is 1.30. The second kappa shape index (κ2) is 35.5. The van der Waals surface area contributed by atoms with Crippen molar-refractivity contribution in [1.82, 2.24) is 45.0 Å². The fourth-order valence-electron chi connectivity index (χ4n) is 7.83. The van der Waals surface area contributed by atoms with Gasteiger partial charge in [0.05, 0.1) is 49.4 Å². The first-order chi connectivity index (χ1) is 44.2. The lowest BCUT2D eigenvalue weighted by molar-refractivity contribution is 0.0600. The number of ether oxygens (including phenoxy) is 2. The molecular weight excluding hydrogens is 1320 g/mol. The van der Waals surface area contributed by atoms with Gasteiger partial charge in [-0.25, -0.2) is 65.7 Å². The Morgan fingerprint density at radius 1 is 0.559 bits per heavy atom. The number of aliphatic hydroxyl groups is 1. The summed E-state index contributed by atoms with van der Waals surface area (Å²) in [7, 11) is 1.28. The van der Waals surface area contributed by atoms with Crippen molar-refractivity contribution in [3.63, 3.8) is 0 Å². The monoisotopic (exact) mass is 1370 g/mol. The van der Waals surface area contributed by atoms with Gasteiger partial charge in [-0.3, -0.25) is 36.3 Å². The van der Waals surface area contributed by atoms with Crippen molar-refractivity contribution in [3.05, 3.63) is 268 Å². The van der Waals surface area contributed by atoms with Crippen LogP contribution in [0.15, 0.2) is 187 Å². The Bertz CT molecular complexity index is 4250. The van der Waals surface area contributed by atoms with Crippen molar-refractivity contribution in [3.8, 4) is 45.2 Å². The van der Waals surface area contributed by atoms with Crippen LogP contribution in [0.4, 0.5) is 31.1 Å². The first kappa shape index (κ1) is 73.6. The minimum Gasteiger partial charge on any atom is -0.465 e. The zero-order valence-electron chi connectivity index (χ0n) is 48.1. The predicted octanol–water partition coefficient (Wildman–Crippen LogP) is 8.95. The van der Waals surface area contributed by atoms with E-state index in [9.17, 15) is 59.9 Å². The molecular formula is C60H50Cl4F6N12O11. The van der Waals surface area contributed by atoms with Gasteiger partial charge in [-0.1, -0.05) is 36.4 Å². The Hall–Kier alpha value is -10.1. The van der Waals surface area contributed by atoms with Gasteiger partial charge in [-0.2, -0.15) is 15.3 Å². The summed E-state index contributed by atoms with van der Waals surface area (Å²) in [5.41, 5.74) is 4.38. The highest BCUT2D eigenvalue weighted by Crippen LogP contribution is 2.28. The molecule has 0 unspecified atom stereocenters. The highest BCUT2D eigenvalue weighted by molar-refractivity contribution is 6.69. The molecule has 6 aromatic carbocycles. The molecule has 1 amide bonds. The number of nitrogens with zero attached hydrogens (tertiary/aromatic N) is 7. The minimum absolute atomic E-state index is 0.0795. The van der Waals surface area contributed by atoms with Crippen molar-refractivity contribution < 1.29 is 59.7 Å². The molecule has 4 aromatic heterocycles. The molecule has 0 aliphatic rings. The highest BCUT2D eigenvalue weighted by Gasteiger charge is 2.24. The number of aliphatic hydroxyl groups excluding tert-OH is 1. The van der Waals surface area contributed by atoms with Gasteiger partial charge >= 0.3 is 21.1 Å². The minimum atomic E-state index is -2.04. The van der Waals surface area contributed by atoms with Gasteiger partial charge in [0.25, 0.3) is 22.6 Å². The second-order valence-electron chi connectivity index (χ2n) is 18.2. The number of hydrogen-bond donors (Lipinski definition) is 6. The van der Waals surface area contributed by atoms with E-state index < -0.39 is 61.9 Å². The quantitative estimate of drug-likeness (QED) is 0.0126. The fraction of sp³-hybridized carbons (Fsp3) is 0.117. The maximum atomic E-state index is 13.5. The SMILES string of the molecule is CCO.COC(=O)c1cccc(Cn2nc(-c3cc(F)cc(F)c3)ccc2=O)c1.NN.NNC(=O)c1cccc(Cn2nc(-c3cc(F)cc(F)c3)ccc2=O)c1.O=C(Cl)OC(Cl)(Cl)Cl.O=c1[nH]nc(-c2cccc(Cn3nc(-c4cc(F)cc(F)c4)ccc3=O)c2)o1. The molecule has 0 atom stereocenters. The van der Waals surface area contributed by atoms with Crippen molar-refractivity contribution in [2.45, 2.75) is 30.5 Å². The average molecular weight is 1370 g/mol. The lowest BCUT2D eigenvalue weighted by Gasteiger charge is -2.09. The summed E-state index contributed by atoms with van der Waals surface area (Å²) < 4.78 is 95.5. The molecule has 33 heteroatoms. The number of aromatic nitrogens is 8. The number of benzene rings is 6. The molecule has 0 spiro atoms. The normalized spacial score (nSPS) is 10.4. The van der Waals surface area contributed by atoms with E-state index in [4.69, 9.17) is 50.2 Å². The van der Waals surface area contributed by atoms with Gasteiger partial charge < -0.3 is 19.0 Å². The second-order valence-corrected chi connectivity index (χ2v) is 20.7. The van der Waals surface area contributed by atoms with Crippen molar-refractivity contribution >= 4 is 63.7 Å². The molecule has 4 heterocycles. The fourth-order valence-corrected chi connectivity index (χ4v) is 8.27. The maximum Gasteiger partial charge on any atom is 0.434 e. The van der Waals surface area contributed by atoms with Gasteiger partial charge in [0.15, 0.2) is 0 Å². The first-order valence-electron chi connectivity index (χ1n) is 26.2. The number of esters is 1. The Kier molecular flexibility index (Phi) is 28.1. The molecule has 10 rings (SSSR count). The van der Waals surface area contributed by atoms with E-state index in [1.165, 1.54) is 48.2 Å². The molecule has 0 fully saturated rings. The largest absolute Gasteiger partial charge is 0.465 e. The van der Waals surface area contributed by atoms with Gasteiger partial charge in [-0.15, -0.1) is 5.10 Å². The van der Waals surface area contributed by atoms with Crippen LogP contribution in [0, 0.1) is 34.9 Å². The number of H-pyrrole nitrogens is 1. The van der Waals surface area contributed by atoms with E-state index in [1.807, 2.05) is 5.43 Å². The van der Waals surface area contributed by atoms with Crippen LogP contribution in [0.3, 0.4) is 0 Å². The Morgan fingerprint density at radius 3 is 1.24 bits per heavy atom. The van der Waals surface area contributed by atoms with Gasteiger partial charge in [0.1, 0.15) is 34.9 Å². The zero-order valence-corrected chi connectivity index (χ0v) is 51.1. The van der Waals surface area contributed by atoms with E-state index in [0.29, 0.717) is 33.4 Å². The number of amides is 1. The van der Waals surface area contributed by atoms with Crippen molar-refractivity contribution in [1.29, 1.82) is 0 Å². The summed E-state index contributed by atoms with van der Waals surface area (Å²) in [5, 5.41) is 26.0. The smallest absolute Gasteiger partial charge is 0.434 e. The molecule has 0 aliphatic heterocycles. The number of alkyl halides is 3. The summed E-state index contributed by atoms with van der Waals surface area (Å²) in [4.78, 5) is 80.4. The van der Waals surface area contributed by atoms with E-state index >= 15 is 0 Å². The zero-order chi connectivity index (χ0) is 68.5. The van der Waals surface area contributed by atoms with Gasteiger partial charge in [-0.05, 0) is 149 Å². The summed E-state index contributed by atoms with van der Waals surface area (Å²) >= 11 is 19.4. The number of nitrogen functional groups attached to an aromatic ring is 1. The number of carbonyl (C=O) groups is 3. The number of methoxy groups -OCH3 is 1. The van der Waals surface area contributed by atoms with E-state index in [0.717, 1.165) is 64.0 Å². The van der Waals surface area contributed by atoms with E-state index in [1.54, 1.807) is 79.7 Å². The van der Waals surface area contributed by atoms with Crippen LogP contribution in [0.25, 0.3) is 45.2 Å². The van der Waals surface area contributed by atoms with Crippen LogP contribution in [0.5, 0.6) is 0 Å². The summed E-state index contributed by atoms with van der Waals surface area (Å²) in [6, 6.07) is 37.1. The molecule has 9 N–H and O–H groups in total. The van der Waals surface area contributed by atoms with Crippen LogP contribution < -0.4 is 45.4 Å². The summed E-state index contributed by atoms with van der Waals surface area (Å²) in [6.07, 6.45) is 0. The molecule has 0 bridgehead atoms. The maximum absolute atomic E-state index is 13.5. The molecule has 0 aliphatic carbocycles. The Labute approximate surface area is 541 Å². The number of hydrogen-bond acceptors (Lipinski definition) is 18. The molecule has 486 valence electrons. The van der Waals surface area contributed by atoms with Crippen LogP contribution in [-0.2, 0) is 29.1 Å². The van der Waals surface area contributed by atoms with E-state index in [2.05, 4.69) is 58.3 Å². The lowest BCUT2D eigenvalue weighted by atomic mass is 10.1. The molecule has 23 nitrogen and oxygen atoms in total. The number of nitrogens with two attached hydrogens (primary N) is 3. The first-order valence-corrected chi connectivity index (χ1v) is 27.7. The summed E-state index contributed by atoms with van der Waals surface area (Å²) in [6.45, 7) is 2.21. The van der Waals surface area contributed by atoms with Crippen LogP contribution in [0.2, 0.25) is 0 Å². The van der Waals surface area contributed by atoms with Crippen LogP contribution in [0.1, 0.15) is 44.3 Å². The third-order valence-electron chi connectivity index (χ3n) is 11.5. The third-order valence-corrected chi connectivity index (χ3v) is 11.9. The van der Waals surface area contributed by atoms with Gasteiger partial charge in [0, 0.05) is 82.4 Å². The third kappa shape index (κ3) is 23.6. The number of rotatable bonds is 12. The van der Waals surface area contributed by atoms with E-state index in [-0.39, 0.29) is 82.6 Å². The number of aromatic amines is 1. The lowest BCUT2D eigenvalue weighted by Crippen LogP contribution is -2.30. The number of hydrazine groups is 2. The molecule has 0 radical (unpaired) electrons. The number of nitrogens with one attached hydrogen (secondary N) is 2. The van der Waals surface area contributed by atoms with Crippen LogP contribution >= 0.6 is 46.4 Å². The molecule has 10 aromatic rings. The standard InChI is InChI=1S/C19H12F2N4O3.C19H14F2N2O3.C18H14F2N4O2.C2Cl4O2.C2H6O.H4N2/c20-14-7-13(8-15(21)9-14)16-4-5-17(26)25(24-16)10-11-2-1-3-12(6-11)18-22-23-19(27)28-18;1-26-19(25)13-4-2-3-12(7-13)11-23-18(24)6-5-17(22-23)14-8-15(20)10-16(21)9-14;19-14-7-13(8-15(20)9-14)16-4-5-17(25)24(23-16)10-11-2-1-3-12(6-11)18(26)22-21;3-1(7)8-2(4,5)6;1-2-3;1-2/h1-9H,10H2,(H,23,27);2-10H,11H2,1H3;1-9H,10,21H2,(H,22,26);;3H,2H2,1H3;1-2H2. The molecule has 93 heavy (non-hydrogen) atoms. The molecule has 0 saturated carbocycles. The van der Waals surface area contributed by atoms with Crippen LogP contribution in [-0.4, -0.2) is 79.6 Å². The van der Waals surface area contributed by atoms with Gasteiger partial charge in [0.2, 0.25) is 5.89 Å². The Balaban J connectivity index is 0.000000231. The number of halogens is 10. The highest BCUT2D eigenvalue weighted by atomic mass is 35.6. The Morgan fingerprint density at radius 2 is 0.914 bits per heavy atom. The molecule has 0 saturated heterocycles. The van der Waals surface area contributed by atoms with Crippen molar-refractivity contribution in [2.24, 2.45) is 17.5 Å².